The maximum Gasteiger partial charge on any atom is 0.328 e. The first-order valence-corrected chi connectivity index (χ1v) is 9.14. The Morgan fingerprint density at radius 1 is 1.31 bits per heavy atom. The number of rotatable bonds is 4. The molecule has 2 aromatic rings. The van der Waals surface area contributed by atoms with Crippen LogP contribution in [0.1, 0.15) is 16.8 Å². The third-order valence-corrected chi connectivity index (χ3v) is 5.05. The third-order valence-electron chi connectivity index (χ3n) is 4.22. The molecule has 0 aliphatic carbocycles. The minimum atomic E-state index is -0.619. The lowest BCUT2D eigenvalue weighted by molar-refractivity contribution is -0.153. The van der Waals surface area contributed by atoms with Gasteiger partial charge in [-0.3, -0.25) is 4.79 Å². The molecule has 1 amide bonds. The molecule has 8 heteroatoms. The largest absolute Gasteiger partial charge is 0.467 e. The van der Waals surface area contributed by atoms with Crippen LogP contribution in [0.25, 0.3) is 0 Å². The molecule has 0 bridgehead atoms. The predicted octanol–water partition coefficient (Wildman–Crippen LogP) is 1.59. The second-order valence-electron chi connectivity index (χ2n) is 6.04. The first-order chi connectivity index (χ1) is 12.5. The molecule has 3 rings (SSSR count). The van der Waals surface area contributed by atoms with Gasteiger partial charge in [0.05, 0.1) is 12.9 Å². The number of hydrogen-bond donors (Lipinski definition) is 1. The first-order valence-electron chi connectivity index (χ1n) is 8.16. The highest BCUT2D eigenvalue weighted by Gasteiger charge is 2.35. The van der Waals surface area contributed by atoms with Crippen LogP contribution in [0, 0.1) is 6.92 Å². The lowest BCUT2D eigenvalue weighted by atomic mass is 9.94. The molecule has 2 heterocycles. The number of benzene rings is 1. The molecular weight excluding hydrogens is 352 g/mol. The molecule has 2 N–H and O–H groups in total. The number of carbonyl (C=O) groups excluding carboxylic acids is 2. The van der Waals surface area contributed by atoms with Gasteiger partial charge in [0.25, 0.3) is 0 Å². The monoisotopic (exact) mass is 372 g/mol. The first kappa shape index (κ1) is 18.2. The molecule has 1 aliphatic heterocycles. The van der Waals surface area contributed by atoms with Crippen LogP contribution in [0.5, 0.6) is 0 Å². The summed E-state index contributed by atoms with van der Waals surface area (Å²) in [5.41, 5.74) is 8.57. The smallest absolute Gasteiger partial charge is 0.328 e. The van der Waals surface area contributed by atoms with Crippen LogP contribution in [-0.4, -0.2) is 45.6 Å². The summed E-state index contributed by atoms with van der Waals surface area (Å²) in [6.45, 7) is 2.20. The van der Waals surface area contributed by atoms with Gasteiger partial charge >= 0.3 is 5.97 Å². The Morgan fingerprint density at radius 3 is 2.73 bits per heavy atom. The van der Waals surface area contributed by atoms with Crippen LogP contribution in [0.3, 0.4) is 0 Å². The molecule has 1 aromatic carbocycles. The molecule has 1 atom stereocenters. The normalized spacial score (nSPS) is 16.1. The summed E-state index contributed by atoms with van der Waals surface area (Å²) in [6, 6.07) is 8.86. The minimum Gasteiger partial charge on any atom is -0.467 e. The summed E-state index contributed by atoms with van der Waals surface area (Å²) in [4.78, 5) is 34.9. The Balaban J connectivity index is 1.76. The Labute approximate surface area is 156 Å². The van der Waals surface area contributed by atoms with Crippen molar-refractivity contribution in [2.75, 3.05) is 18.6 Å². The molecule has 0 fully saturated rings. The van der Waals surface area contributed by atoms with Crippen LogP contribution >= 0.6 is 11.8 Å². The number of methoxy groups -OCH3 is 1. The number of anilines is 1. The number of ether oxygens (including phenoxy) is 1. The molecule has 0 spiro atoms. The van der Waals surface area contributed by atoms with E-state index >= 15 is 0 Å². The molecule has 1 aliphatic rings. The highest BCUT2D eigenvalue weighted by Crippen LogP contribution is 2.25. The van der Waals surface area contributed by atoms with Crippen molar-refractivity contribution < 1.29 is 14.3 Å². The highest BCUT2D eigenvalue weighted by molar-refractivity contribution is 7.99. The summed E-state index contributed by atoms with van der Waals surface area (Å²) in [6.07, 6.45) is 0.452. The van der Waals surface area contributed by atoms with Crippen molar-refractivity contribution in [3.05, 3.63) is 47.2 Å². The molecule has 0 saturated heterocycles. The number of fused-ring (bicyclic) bond motifs is 1. The van der Waals surface area contributed by atoms with Gasteiger partial charge in [-0.2, -0.15) is 0 Å². The van der Waals surface area contributed by atoms with E-state index in [0.717, 1.165) is 16.8 Å². The number of nitrogen functional groups attached to an aromatic ring is 1. The quantitative estimate of drug-likeness (QED) is 0.494. The van der Waals surface area contributed by atoms with Gasteiger partial charge in [0, 0.05) is 24.7 Å². The number of amides is 1. The van der Waals surface area contributed by atoms with Crippen molar-refractivity contribution in [2.24, 2.45) is 0 Å². The van der Waals surface area contributed by atoms with E-state index in [4.69, 9.17) is 10.5 Å². The van der Waals surface area contributed by atoms with E-state index in [1.165, 1.54) is 18.9 Å². The van der Waals surface area contributed by atoms with Gasteiger partial charge in [-0.15, -0.1) is 0 Å². The third kappa shape index (κ3) is 3.96. The standard InChI is InChI=1S/C18H20N4O3S/c1-11-7-15(19)21-18(20-11)26-10-16(23)22-9-13-6-4-3-5-12(13)8-14(22)17(24)25-2/h3-7,14H,8-10H2,1-2H3,(H2,19,20,21)/t14-/m1/s1. The van der Waals surface area contributed by atoms with E-state index < -0.39 is 12.0 Å². The van der Waals surface area contributed by atoms with Gasteiger partial charge in [-0.05, 0) is 18.1 Å². The zero-order valence-electron chi connectivity index (χ0n) is 14.6. The summed E-state index contributed by atoms with van der Waals surface area (Å²) in [5, 5.41) is 0.447. The topological polar surface area (TPSA) is 98.4 Å². The van der Waals surface area contributed by atoms with Gasteiger partial charge in [0.1, 0.15) is 11.9 Å². The van der Waals surface area contributed by atoms with Crippen molar-refractivity contribution in [2.45, 2.75) is 31.1 Å². The number of nitrogens with two attached hydrogens (primary N) is 1. The predicted molar refractivity (Wildman–Crippen MR) is 98.4 cm³/mol. The van der Waals surface area contributed by atoms with Crippen LogP contribution in [-0.2, 0) is 27.3 Å². The minimum absolute atomic E-state index is 0.124. The lowest BCUT2D eigenvalue weighted by Crippen LogP contribution is -2.49. The van der Waals surface area contributed by atoms with Crippen LogP contribution in [0.4, 0.5) is 5.82 Å². The molecule has 1 aromatic heterocycles. The fourth-order valence-corrected chi connectivity index (χ4v) is 3.77. The van der Waals surface area contributed by atoms with Gasteiger partial charge in [0.15, 0.2) is 5.16 Å². The van der Waals surface area contributed by atoms with Crippen molar-refractivity contribution in [1.82, 2.24) is 14.9 Å². The summed E-state index contributed by atoms with van der Waals surface area (Å²) in [5.74, 6) is -0.0808. The van der Waals surface area contributed by atoms with Crippen LogP contribution < -0.4 is 5.73 Å². The number of hydrogen-bond acceptors (Lipinski definition) is 7. The highest BCUT2D eigenvalue weighted by atomic mass is 32.2. The van der Waals surface area contributed by atoms with Gasteiger partial charge in [-0.1, -0.05) is 36.0 Å². The van der Waals surface area contributed by atoms with E-state index in [2.05, 4.69) is 9.97 Å². The average Bonchev–Trinajstić information content (AvgIpc) is 2.63. The summed E-state index contributed by atoms with van der Waals surface area (Å²) < 4.78 is 4.90. The van der Waals surface area contributed by atoms with Gasteiger partial charge in [-0.25, -0.2) is 14.8 Å². The van der Waals surface area contributed by atoms with Crippen molar-refractivity contribution in [3.8, 4) is 0 Å². The molecule has 0 unspecified atom stereocenters. The van der Waals surface area contributed by atoms with Gasteiger partial charge in [0.2, 0.25) is 5.91 Å². The van der Waals surface area contributed by atoms with E-state index in [9.17, 15) is 9.59 Å². The number of aryl methyl sites for hydroxylation is 1. The van der Waals surface area contributed by atoms with E-state index in [-0.39, 0.29) is 11.7 Å². The molecule has 7 nitrogen and oxygen atoms in total. The zero-order chi connectivity index (χ0) is 18.7. The molecule has 0 radical (unpaired) electrons. The van der Waals surface area contributed by atoms with E-state index in [1.807, 2.05) is 31.2 Å². The van der Waals surface area contributed by atoms with Crippen molar-refractivity contribution in [1.29, 1.82) is 0 Å². The molecule has 0 saturated carbocycles. The maximum atomic E-state index is 12.8. The van der Waals surface area contributed by atoms with Crippen molar-refractivity contribution in [3.63, 3.8) is 0 Å². The van der Waals surface area contributed by atoms with E-state index in [1.54, 1.807) is 11.0 Å². The maximum absolute atomic E-state index is 12.8. The Kier molecular flexibility index (Phi) is 5.41. The Bertz CT molecular complexity index is 823. The number of esters is 1. The summed E-state index contributed by atoms with van der Waals surface area (Å²) >= 11 is 1.21. The number of carbonyl (C=O) groups is 2. The van der Waals surface area contributed by atoms with Crippen molar-refractivity contribution >= 4 is 29.5 Å². The number of aromatic nitrogens is 2. The Morgan fingerprint density at radius 2 is 2.04 bits per heavy atom. The fraction of sp³-hybridized carbons (Fsp3) is 0.333. The van der Waals surface area contributed by atoms with Crippen LogP contribution in [0.2, 0.25) is 0 Å². The Hall–Kier alpha value is -2.61. The zero-order valence-corrected chi connectivity index (χ0v) is 15.5. The lowest BCUT2D eigenvalue weighted by Gasteiger charge is -2.35. The van der Waals surface area contributed by atoms with Gasteiger partial charge < -0.3 is 15.4 Å². The fourth-order valence-electron chi connectivity index (χ4n) is 2.97. The summed E-state index contributed by atoms with van der Waals surface area (Å²) in [7, 11) is 1.34. The molecule has 26 heavy (non-hydrogen) atoms. The molecular formula is C18H20N4O3S. The van der Waals surface area contributed by atoms with Crippen LogP contribution in [0.15, 0.2) is 35.5 Å². The molecule has 136 valence electrons. The number of nitrogens with zero attached hydrogens (tertiary/aromatic N) is 3. The average molecular weight is 372 g/mol. The second kappa shape index (κ2) is 7.74. The SMILES string of the molecule is COC(=O)[C@H]1Cc2ccccc2CN1C(=O)CSc1nc(C)cc(N)n1. The second-order valence-corrected chi connectivity index (χ2v) is 6.98. The van der Waals surface area contributed by atoms with E-state index in [0.29, 0.717) is 23.9 Å². The number of thioether (sulfide) groups is 1.